The number of amides is 2. The lowest BCUT2D eigenvalue weighted by atomic mass is 10.2. The van der Waals surface area contributed by atoms with Crippen molar-refractivity contribution in [1.82, 2.24) is 4.90 Å². The minimum Gasteiger partial charge on any atom is -0.452 e. The van der Waals surface area contributed by atoms with E-state index >= 15 is 0 Å². The molecule has 22 heavy (non-hydrogen) atoms. The van der Waals surface area contributed by atoms with Crippen LogP contribution in [0.5, 0.6) is 0 Å². The number of halogens is 1. The van der Waals surface area contributed by atoms with Crippen LogP contribution in [-0.4, -0.2) is 47.6 Å². The second kappa shape index (κ2) is 6.39. The molecule has 0 saturated carbocycles. The molecule has 2 amide bonds. The highest BCUT2D eigenvalue weighted by Crippen LogP contribution is 2.23. The number of nitro benzene ring substituents is 1. The fourth-order valence-corrected chi connectivity index (χ4v) is 1.94. The van der Waals surface area contributed by atoms with Crippen molar-refractivity contribution in [3.05, 3.63) is 38.9 Å². The van der Waals surface area contributed by atoms with E-state index in [1.165, 1.54) is 0 Å². The van der Waals surface area contributed by atoms with Gasteiger partial charge in [-0.15, -0.1) is 0 Å². The van der Waals surface area contributed by atoms with Gasteiger partial charge >= 0.3 is 12.1 Å². The van der Waals surface area contributed by atoms with Crippen molar-refractivity contribution in [3.8, 4) is 0 Å². The Morgan fingerprint density at radius 1 is 1.45 bits per heavy atom. The van der Waals surface area contributed by atoms with Crippen LogP contribution >= 0.6 is 11.6 Å². The number of ether oxygens (including phenoxy) is 2. The van der Waals surface area contributed by atoms with Crippen LogP contribution in [0.3, 0.4) is 0 Å². The lowest BCUT2D eigenvalue weighted by molar-refractivity contribution is -0.384. The molecule has 0 bridgehead atoms. The molecule has 9 nitrogen and oxygen atoms in total. The Kier molecular flexibility index (Phi) is 4.56. The van der Waals surface area contributed by atoms with Gasteiger partial charge in [0.15, 0.2) is 6.61 Å². The van der Waals surface area contributed by atoms with Crippen LogP contribution < -0.4 is 0 Å². The Labute approximate surface area is 128 Å². The number of hydrogen-bond donors (Lipinski definition) is 0. The number of carbonyl (C=O) groups is 3. The highest BCUT2D eigenvalue weighted by Gasteiger charge is 2.29. The number of nitro groups is 1. The van der Waals surface area contributed by atoms with Crippen molar-refractivity contribution >= 4 is 35.3 Å². The van der Waals surface area contributed by atoms with E-state index in [0.717, 1.165) is 23.1 Å². The molecule has 10 heteroatoms. The number of hydrogen-bond acceptors (Lipinski definition) is 7. The molecular formula is C12H9ClN2O7. The number of benzene rings is 1. The van der Waals surface area contributed by atoms with E-state index < -0.39 is 29.5 Å². The Hall–Kier alpha value is -2.68. The first-order valence-electron chi connectivity index (χ1n) is 5.98. The van der Waals surface area contributed by atoms with E-state index in [1.807, 2.05) is 0 Å². The maximum Gasteiger partial charge on any atom is 0.416 e. The van der Waals surface area contributed by atoms with Crippen molar-refractivity contribution in [2.75, 3.05) is 19.8 Å². The van der Waals surface area contributed by atoms with Gasteiger partial charge < -0.3 is 9.47 Å². The lowest BCUT2D eigenvalue weighted by Crippen LogP contribution is -2.35. The molecule has 0 aromatic heterocycles. The second-order valence-electron chi connectivity index (χ2n) is 4.16. The summed E-state index contributed by atoms with van der Waals surface area (Å²) in [5.41, 5.74) is -0.401. The zero-order chi connectivity index (χ0) is 16.3. The molecule has 116 valence electrons. The van der Waals surface area contributed by atoms with Crippen molar-refractivity contribution in [2.24, 2.45) is 0 Å². The molecule has 0 radical (unpaired) electrons. The molecule has 1 aromatic carbocycles. The van der Waals surface area contributed by atoms with E-state index in [9.17, 15) is 24.5 Å². The molecule has 1 saturated heterocycles. The molecule has 1 aliphatic heterocycles. The van der Waals surface area contributed by atoms with Crippen LogP contribution in [0.15, 0.2) is 18.2 Å². The number of imide groups is 1. The molecule has 1 aliphatic rings. The number of carbonyl (C=O) groups excluding carboxylic acids is 3. The summed E-state index contributed by atoms with van der Waals surface area (Å²) in [6.45, 7) is -0.485. The molecule has 2 rings (SSSR count). The molecule has 0 unspecified atom stereocenters. The maximum atomic E-state index is 11.8. The molecule has 0 N–H and O–H groups in total. The molecular weight excluding hydrogens is 320 g/mol. The van der Waals surface area contributed by atoms with Gasteiger partial charge in [0.2, 0.25) is 0 Å². The second-order valence-corrected chi connectivity index (χ2v) is 4.56. The van der Waals surface area contributed by atoms with Gasteiger partial charge in [-0.3, -0.25) is 14.9 Å². The van der Waals surface area contributed by atoms with E-state index in [1.54, 1.807) is 0 Å². The average Bonchev–Trinajstić information content (AvgIpc) is 2.90. The van der Waals surface area contributed by atoms with Gasteiger partial charge in [0.1, 0.15) is 6.61 Å². The van der Waals surface area contributed by atoms with Gasteiger partial charge in [0, 0.05) is 12.1 Å². The first kappa shape index (κ1) is 15.7. The van der Waals surface area contributed by atoms with E-state index in [-0.39, 0.29) is 29.4 Å². The van der Waals surface area contributed by atoms with Crippen LogP contribution in [0.1, 0.15) is 10.4 Å². The van der Waals surface area contributed by atoms with Gasteiger partial charge in [-0.2, -0.15) is 0 Å². The fourth-order valence-electron chi connectivity index (χ4n) is 1.69. The summed E-state index contributed by atoms with van der Waals surface area (Å²) in [7, 11) is 0. The van der Waals surface area contributed by atoms with Gasteiger partial charge in [-0.1, -0.05) is 11.6 Å². The van der Waals surface area contributed by atoms with Gasteiger partial charge in [-0.05, 0) is 6.07 Å². The normalized spacial score (nSPS) is 13.7. The summed E-state index contributed by atoms with van der Waals surface area (Å²) >= 11 is 5.76. The monoisotopic (exact) mass is 328 g/mol. The number of cyclic esters (lactones) is 1. The number of rotatable bonds is 4. The zero-order valence-electron chi connectivity index (χ0n) is 11.0. The largest absolute Gasteiger partial charge is 0.452 e. The van der Waals surface area contributed by atoms with Crippen LogP contribution in [0, 0.1) is 10.1 Å². The summed E-state index contributed by atoms with van der Waals surface area (Å²) in [4.78, 5) is 45.3. The van der Waals surface area contributed by atoms with Crippen molar-refractivity contribution in [2.45, 2.75) is 0 Å². The van der Waals surface area contributed by atoms with Crippen LogP contribution in [0.2, 0.25) is 5.02 Å². The van der Waals surface area contributed by atoms with Crippen LogP contribution in [0.4, 0.5) is 10.5 Å². The Morgan fingerprint density at radius 3 is 2.73 bits per heavy atom. The van der Waals surface area contributed by atoms with Crippen LogP contribution in [0.25, 0.3) is 0 Å². The smallest absolute Gasteiger partial charge is 0.416 e. The number of non-ortho nitro benzene ring substituents is 1. The summed E-state index contributed by atoms with van der Waals surface area (Å²) in [5.74, 6) is -1.66. The lowest BCUT2D eigenvalue weighted by Gasteiger charge is -2.11. The highest BCUT2D eigenvalue weighted by atomic mass is 35.5. The Morgan fingerprint density at radius 2 is 2.18 bits per heavy atom. The molecule has 0 aliphatic carbocycles. The standard InChI is InChI=1S/C12H9ClN2O7/c13-9-5-7(15(19)20)1-2-8(9)11(17)22-6-10(16)14-3-4-21-12(14)18/h1-2,5H,3-4,6H2. The SMILES string of the molecule is O=C(OCC(=O)N1CCOC1=O)c1ccc([N+](=O)[O-])cc1Cl. The summed E-state index contributed by atoms with van der Waals surface area (Å²) < 4.78 is 9.31. The van der Waals surface area contributed by atoms with Crippen molar-refractivity contribution in [1.29, 1.82) is 0 Å². The van der Waals surface area contributed by atoms with Gasteiger partial charge in [-0.25, -0.2) is 14.5 Å². The first-order valence-corrected chi connectivity index (χ1v) is 6.36. The predicted molar refractivity (Wildman–Crippen MR) is 71.4 cm³/mol. The average molecular weight is 329 g/mol. The Balaban J connectivity index is 1.99. The molecule has 1 fully saturated rings. The van der Waals surface area contributed by atoms with E-state index in [2.05, 4.69) is 4.74 Å². The minimum atomic E-state index is -0.930. The summed E-state index contributed by atoms with van der Waals surface area (Å²) in [6, 6.07) is 3.21. The number of esters is 1. The van der Waals surface area contributed by atoms with E-state index in [4.69, 9.17) is 16.3 Å². The van der Waals surface area contributed by atoms with Gasteiger partial charge in [0.25, 0.3) is 11.6 Å². The van der Waals surface area contributed by atoms with E-state index in [0.29, 0.717) is 0 Å². The maximum absolute atomic E-state index is 11.8. The fraction of sp³-hybridized carbons (Fsp3) is 0.250. The molecule has 1 aromatic rings. The molecule has 0 atom stereocenters. The summed E-state index contributed by atoms with van der Waals surface area (Å²) in [5, 5.41) is 10.4. The predicted octanol–water partition coefficient (Wildman–Crippen LogP) is 1.38. The topological polar surface area (TPSA) is 116 Å². The highest BCUT2D eigenvalue weighted by molar-refractivity contribution is 6.33. The third kappa shape index (κ3) is 3.31. The van der Waals surface area contributed by atoms with Gasteiger partial charge in [0.05, 0.1) is 22.1 Å². The van der Waals surface area contributed by atoms with Crippen molar-refractivity contribution in [3.63, 3.8) is 0 Å². The summed E-state index contributed by atoms with van der Waals surface area (Å²) in [6.07, 6.45) is -0.797. The minimum absolute atomic E-state index is 0.0900. The Bertz CT molecular complexity index is 661. The first-order chi connectivity index (χ1) is 10.4. The van der Waals surface area contributed by atoms with Crippen molar-refractivity contribution < 1.29 is 28.8 Å². The van der Waals surface area contributed by atoms with Crippen LogP contribution in [-0.2, 0) is 14.3 Å². The molecule has 0 spiro atoms. The third-order valence-corrected chi connectivity index (χ3v) is 3.08. The third-order valence-electron chi connectivity index (χ3n) is 2.77. The number of nitrogens with zero attached hydrogens (tertiary/aromatic N) is 2. The quantitative estimate of drug-likeness (QED) is 0.465. The molecule has 1 heterocycles. The zero-order valence-corrected chi connectivity index (χ0v) is 11.7.